The van der Waals surface area contributed by atoms with Crippen molar-refractivity contribution in [3.05, 3.63) is 0 Å². The van der Waals surface area contributed by atoms with Crippen LogP contribution in [0.25, 0.3) is 0 Å². The van der Waals surface area contributed by atoms with E-state index in [1.807, 2.05) is 0 Å². The maximum Gasteiger partial charge on any atom is 0.325 e. The number of amides is 1. The zero-order valence-electron chi connectivity index (χ0n) is 6.37. The van der Waals surface area contributed by atoms with Crippen molar-refractivity contribution in [2.75, 3.05) is 0 Å². The molecule has 0 heterocycles. The Morgan fingerprint density at radius 3 is 2.18 bits per heavy atom. The molecule has 0 aliphatic heterocycles. The van der Waals surface area contributed by atoms with E-state index in [2.05, 4.69) is 17.9 Å². The summed E-state index contributed by atoms with van der Waals surface area (Å²) in [5.74, 6) is -1.42. The van der Waals surface area contributed by atoms with E-state index >= 15 is 0 Å². The molecule has 2 atom stereocenters. The van der Waals surface area contributed by atoms with Gasteiger partial charge in [-0.05, 0) is 13.8 Å². The van der Waals surface area contributed by atoms with Crippen LogP contribution in [0.4, 0.5) is 0 Å². The van der Waals surface area contributed by atoms with Gasteiger partial charge in [-0.3, -0.25) is 9.59 Å². The Morgan fingerprint density at radius 2 is 1.91 bits per heavy atom. The van der Waals surface area contributed by atoms with Crippen LogP contribution in [0.5, 0.6) is 0 Å². The Bertz CT molecular complexity index is 169. The third-order valence-electron chi connectivity index (χ3n) is 1.11. The molecule has 5 heteroatoms. The van der Waals surface area contributed by atoms with Crippen molar-refractivity contribution in [3.63, 3.8) is 0 Å². The predicted molar refractivity (Wildman–Crippen MR) is 43.7 cm³/mol. The van der Waals surface area contributed by atoms with E-state index in [1.165, 1.54) is 6.92 Å². The van der Waals surface area contributed by atoms with Gasteiger partial charge in [-0.25, -0.2) is 0 Å². The lowest BCUT2D eigenvalue weighted by molar-refractivity contribution is -0.141. The fourth-order valence-electron chi connectivity index (χ4n) is 0.396. The molecule has 0 saturated heterocycles. The van der Waals surface area contributed by atoms with Crippen LogP contribution in [-0.2, 0) is 9.59 Å². The largest absolute Gasteiger partial charge is 0.480 e. The highest BCUT2D eigenvalue weighted by molar-refractivity contribution is 7.81. The van der Waals surface area contributed by atoms with Crippen molar-refractivity contribution in [2.45, 2.75) is 25.1 Å². The fraction of sp³-hybridized carbons (Fsp3) is 0.667. The standard InChI is InChI=1S/C6H11NO3S/c1-3(6(9)10)7-5(8)4(2)11/h3-4,11H,1-2H3,(H,7,8)(H,9,10)/t3-,4-/m1/s1. The number of hydrogen-bond donors (Lipinski definition) is 3. The summed E-state index contributed by atoms with van der Waals surface area (Å²) in [6.07, 6.45) is 0. The van der Waals surface area contributed by atoms with Gasteiger partial charge in [0.25, 0.3) is 0 Å². The van der Waals surface area contributed by atoms with Crippen LogP contribution in [0.2, 0.25) is 0 Å². The first-order valence-electron chi connectivity index (χ1n) is 3.16. The van der Waals surface area contributed by atoms with Crippen LogP contribution in [0.15, 0.2) is 0 Å². The highest BCUT2D eigenvalue weighted by atomic mass is 32.1. The summed E-state index contributed by atoms with van der Waals surface area (Å²) in [5, 5.41) is 10.2. The quantitative estimate of drug-likeness (QED) is 0.527. The zero-order chi connectivity index (χ0) is 9.02. The number of carbonyl (C=O) groups excluding carboxylic acids is 1. The van der Waals surface area contributed by atoms with Crippen LogP contribution in [0.1, 0.15) is 13.8 Å². The molecule has 0 fully saturated rings. The first kappa shape index (κ1) is 10.3. The lowest BCUT2D eigenvalue weighted by atomic mass is 10.3. The Hall–Kier alpha value is -0.710. The lowest BCUT2D eigenvalue weighted by Crippen LogP contribution is -2.41. The minimum absolute atomic E-state index is 0.372. The molecule has 0 radical (unpaired) electrons. The average Bonchev–Trinajstić information content (AvgIpc) is 1.87. The monoisotopic (exact) mass is 177 g/mol. The Balaban J connectivity index is 3.85. The van der Waals surface area contributed by atoms with E-state index in [1.54, 1.807) is 6.92 Å². The van der Waals surface area contributed by atoms with Crippen molar-refractivity contribution in [1.82, 2.24) is 5.32 Å². The van der Waals surface area contributed by atoms with Gasteiger partial charge in [0, 0.05) is 0 Å². The molecule has 64 valence electrons. The van der Waals surface area contributed by atoms with Crippen molar-refractivity contribution in [3.8, 4) is 0 Å². The summed E-state index contributed by atoms with van der Waals surface area (Å²) in [7, 11) is 0. The van der Waals surface area contributed by atoms with Crippen LogP contribution < -0.4 is 5.32 Å². The van der Waals surface area contributed by atoms with Gasteiger partial charge >= 0.3 is 5.97 Å². The Labute approximate surface area is 70.4 Å². The van der Waals surface area contributed by atoms with Gasteiger partial charge in [0.2, 0.25) is 5.91 Å². The second-order valence-electron chi connectivity index (χ2n) is 2.24. The number of aliphatic carboxylic acids is 1. The molecule has 0 aromatic heterocycles. The molecule has 0 rings (SSSR count). The SMILES string of the molecule is C[C@@H](S)C(=O)N[C@H](C)C(=O)O. The van der Waals surface area contributed by atoms with Gasteiger partial charge in [-0.2, -0.15) is 12.6 Å². The first-order valence-corrected chi connectivity index (χ1v) is 3.68. The Morgan fingerprint density at radius 1 is 1.45 bits per heavy atom. The van der Waals surface area contributed by atoms with Gasteiger partial charge in [0.15, 0.2) is 0 Å². The predicted octanol–water partition coefficient (Wildman–Crippen LogP) is -0.106. The summed E-state index contributed by atoms with van der Waals surface area (Å²) in [6.45, 7) is 2.98. The Kier molecular flexibility index (Phi) is 3.95. The molecule has 0 saturated carbocycles. The molecular weight excluding hydrogens is 166 g/mol. The zero-order valence-corrected chi connectivity index (χ0v) is 7.26. The lowest BCUT2D eigenvalue weighted by Gasteiger charge is -2.10. The van der Waals surface area contributed by atoms with Crippen LogP contribution in [0, 0.1) is 0 Å². The third kappa shape index (κ3) is 3.87. The maximum absolute atomic E-state index is 10.8. The van der Waals surface area contributed by atoms with E-state index in [4.69, 9.17) is 5.11 Å². The third-order valence-corrected chi connectivity index (χ3v) is 1.34. The minimum Gasteiger partial charge on any atom is -0.480 e. The van der Waals surface area contributed by atoms with E-state index in [0.29, 0.717) is 0 Å². The molecule has 0 aliphatic carbocycles. The van der Waals surface area contributed by atoms with Gasteiger partial charge in [0.05, 0.1) is 5.25 Å². The molecule has 11 heavy (non-hydrogen) atoms. The van der Waals surface area contributed by atoms with Gasteiger partial charge in [0.1, 0.15) is 6.04 Å². The number of nitrogens with one attached hydrogen (secondary N) is 1. The number of carbonyl (C=O) groups is 2. The number of carboxylic acid groups (broad SMARTS) is 1. The number of thiol groups is 1. The highest BCUT2D eigenvalue weighted by Gasteiger charge is 2.15. The topological polar surface area (TPSA) is 66.4 Å². The molecule has 0 aliphatic rings. The molecule has 0 bridgehead atoms. The number of rotatable bonds is 3. The van der Waals surface area contributed by atoms with E-state index in [9.17, 15) is 9.59 Å². The molecule has 0 unspecified atom stereocenters. The molecule has 0 spiro atoms. The molecule has 0 aromatic rings. The van der Waals surface area contributed by atoms with Crippen molar-refractivity contribution in [2.24, 2.45) is 0 Å². The van der Waals surface area contributed by atoms with Crippen LogP contribution >= 0.6 is 12.6 Å². The van der Waals surface area contributed by atoms with Gasteiger partial charge in [-0.1, -0.05) is 0 Å². The normalized spacial score (nSPS) is 15.2. The summed E-state index contributed by atoms with van der Waals surface area (Å²) < 4.78 is 0. The van der Waals surface area contributed by atoms with E-state index in [-0.39, 0.29) is 5.91 Å². The molecule has 4 nitrogen and oxygen atoms in total. The van der Waals surface area contributed by atoms with E-state index < -0.39 is 17.3 Å². The van der Waals surface area contributed by atoms with Gasteiger partial charge in [-0.15, -0.1) is 0 Å². The minimum atomic E-state index is -1.05. The van der Waals surface area contributed by atoms with Crippen LogP contribution in [0.3, 0.4) is 0 Å². The van der Waals surface area contributed by atoms with Crippen molar-refractivity contribution < 1.29 is 14.7 Å². The second kappa shape index (κ2) is 4.23. The summed E-state index contributed by atoms with van der Waals surface area (Å²) in [6, 6.07) is -0.850. The van der Waals surface area contributed by atoms with Gasteiger partial charge < -0.3 is 10.4 Å². The summed E-state index contributed by atoms with van der Waals surface area (Å²) in [5.41, 5.74) is 0. The maximum atomic E-state index is 10.8. The highest BCUT2D eigenvalue weighted by Crippen LogP contribution is 1.92. The number of hydrogen-bond acceptors (Lipinski definition) is 3. The molecular formula is C6H11NO3S. The van der Waals surface area contributed by atoms with Crippen LogP contribution in [-0.4, -0.2) is 28.3 Å². The number of carboxylic acids is 1. The van der Waals surface area contributed by atoms with E-state index in [0.717, 1.165) is 0 Å². The molecule has 1 amide bonds. The summed E-state index contributed by atoms with van der Waals surface area (Å²) in [4.78, 5) is 21.0. The van der Waals surface area contributed by atoms with Crippen molar-refractivity contribution >= 4 is 24.5 Å². The van der Waals surface area contributed by atoms with Crippen molar-refractivity contribution in [1.29, 1.82) is 0 Å². The molecule has 2 N–H and O–H groups in total. The first-order chi connectivity index (χ1) is 4.95. The smallest absolute Gasteiger partial charge is 0.325 e. The second-order valence-corrected chi connectivity index (χ2v) is 3.02. The summed E-state index contributed by atoms with van der Waals surface area (Å²) >= 11 is 3.83. The fourth-order valence-corrected chi connectivity index (χ4v) is 0.470. The average molecular weight is 177 g/mol. The molecule has 0 aromatic carbocycles.